The molecule has 2 N–H and O–H groups in total. The number of hydrogen-bond donors (Lipinski definition) is 2. The van der Waals surface area contributed by atoms with Crippen LogP contribution in [0, 0.1) is 6.92 Å². The zero-order valence-corrected chi connectivity index (χ0v) is 18.3. The summed E-state index contributed by atoms with van der Waals surface area (Å²) in [4.78, 5) is 30.1. The van der Waals surface area contributed by atoms with Crippen LogP contribution in [0.4, 0.5) is 5.82 Å². The smallest absolute Gasteiger partial charge is 0.270 e. The van der Waals surface area contributed by atoms with Crippen LogP contribution in [0.15, 0.2) is 55.1 Å². The predicted molar refractivity (Wildman–Crippen MR) is 123 cm³/mol. The van der Waals surface area contributed by atoms with Crippen LogP contribution < -0.4 is 10.6 Å². The van der Waals surface area contributed by atoms with E-state index >= 15 is 0 Å². The molecule has 5 rings (SSSR count). The van der Waals surface area contributed by atoms with Crippen molar-refractivity contribution in [2.24, 2.45) is 0 Å². The summed E-state index contributed by atoms with van der Waals surface area (Å²) in [5.41, 5.74) is 3.84. The molecule has 3 heterocycles. The molecule has 8 nitrogen and oxygen atoms in total. The van der Waals surface area contributed by atoms with Gasteiger partial charge in [0.25, 0.3) is 5.91 Å². The average molecular weight is 448 g/mol. The van der Waals surface area contributed by atoms with Gasteiger partial charge in [0.05, 0.1) is 6.33 Å². The van der Waals surface area contributed by atoms with Gasteiger partial charge in [0.1, 0.15) is 17.5 Å². The fraction of sp³-hybridized carbons (Fsp3) is 0.261. The van der Waals surface area contributed by atoms with Gasteiger partial charge in [-0.15, -0.1) is 0 Å². The second-order valence-corrected chi connectivity index (χ2v) is 8.43. The van der Waals surface area contributed by atoms with Crippen LogP contribution in [0.2, 0.25) is 5.02 Å². The molecule has 9 heteroatoms. The molecule has 0 saturated heterocycles. The Hall–Kier alpha value is -3.52. The Kier molecular flexibility index (Phi) is 5.45. The van der Waals surface area contributed by atoms with Crippen molar-refractivity contribution in [3.8, 4) is 0 Å². The zero-order valence-electron chi connectivity index (χ0n) is 17.5. The molecule has 0 unspecified atom stereocenters. The van der Waals surface area contributed by atoms with Gasteiger partial charge in [-0.05, 0) is 49.6 Å². The van der Waals surface area contributed by atoms with Crippen molar-refractivity contribution in [1.82, 2.24) is 29.8 Å². The van der Waals surface area contributed by atoms with Crippen molar-refractivity contribution >= 4 is 34.5 Å². The molecule has 0 bridgehead atoms. The normalized spacial score (nSPS) is 17.7. The Morgan fingerprint density at radius 2 is 2.00 bits per heavy atom. The Bertz CT molecular complexity index is 1280. The van der Waals surface area contributed by atoms with E-state index in [0.29, 0.717) is 23.1 Å². The van der Waals surface area contributed by atoms with Gasteiger partial charge in [-0.1, -0.05) is 29.8 Å². The standard InChI is InChI=1S/C23H22ClN7O/c1-14-4-2-7-19(29-14)23(32)30-17-9-18(10-17)31-13-28-20-21(26-12-27-22(20)31)25-11-15-5-3-6-16(24)8-15/h2-8,12-13,17-18H,9-11H2,1H3,(H,30,32)(H,25,26,27). The van der Waals surface area contributed by atoms with E-state index in [0.717, 1.165) is 35.3 Å². The van der Waals surface area contributed by atoms with Crippen LogP contribution in [0.1, 0.15) is 40.6 Å². The Labute approximate surface area is 190 Å². The molecule has 1 fully saturated rings. The lowest BCUT2D eigenvalue weighted by Crippen LogP contribution is -2.45. The van der Waals surface area contributed by atoms with Crippen molar-refractivity contribution in [3.05, 3.63) is 77.1 Å². The lowest BCUT2D eigenvalue weighted by Gasteiger charge is -2.36. The minimum atomic E-state index is -0.137. The number of amides is 1. The first kappa shape index (κ1) is 20.4. The van der Waals surface area contributed by atoms with E-state index in [1.165, 1.54) is 0 Å². The zero-order chi connectivity index (χ0) is 22.1. The number of nitrogens with one attached hydrogen (secondary N) is 2. The number of pyridine rings is 1. The number of aromatic nitrogens is 5. The van der Waals surface area contributed by atoms with Gasteiger partial charge in [-0.2, -0.15) is 0 Å². The van der Waals surface area contributed by atoms with Gasteiger partial charge in [-0.25, -0.2) is 19.9 Å². The van der Waals surface area contributed by atoms with Gasteiger partial charge in [-0.3, -0.25) is 4.79 Å². The molecule has 4 aromatic rings. The van der Waals surface area contributed by atoms with Crippen LogP contribution in [0.25, 0.3) is 11.2 Å². The van der Waals surface area contributed by atoms with E-state index in [9.17, 15) is 4.79 Å². The fourth-order valence-corrected chi connectivity index (χ4v) is 4.16. The number of aryl methyl sites for hydroxylation is 1. The van der Waals surface area contributed by atoms with Crippen molar-refractivity contribution in [1.29, 1.82) is 0 Å². The summed E-state index contributed by atoms with van der Waals surface area (Å²) in [5, 5.41) is 7.09. The number of carbonyl (C=O) groups excluding carboxylic acids is 1. The minimum absolute atomic E-state index is 0.106. The van der Waals surface area contributed by atoms with Crippen LogP contribution in [0.3, 0.4) is 0 Å². The van der Waals surface area contributed by atoms with Crippen molar-refractivity contribution < 1.29 is 4.79 Å². The molecule has 1 saturated carbocycles. The summed E-state index contributed by atoms with van der Waals surface area (Å²) in [6.45, 7) is 2.46. The lowest BCUT2D eigenvalue weighted by atomic mass is 9.86. The third-order valence-electron chi connectivity index (χ3n) is 5.67. The third kappa shape index (κ3) is 4.13. The number of carbonyl (C=O) groups is 1. The molecule has 32 heavy (non-hydrogen) atoms. The quantitative estimate of drug-likeness (QED) is 0.464. The molecule has 3 aromatic heterocycles. The first-order valence-corrected chi connectivity index (χ1v) is 10.8. The third-order valence-corrected chi connectivity index (χ3v) is 5.91. The summed E-state index contributed by atoms with van der Waals surface area (Å²) in [5.74, 6) is 0.547. The number of nitrogens with zero attached hydrogens (tertiary/aromatic N) is 5. The number of rotatable bonds is 6. The van der Waals surface area contributed by atoms with Crippen LogP contribution >= 0.6 is 11.6 Å². The summed E-state index contributed by atoms with van der Waals surface area (Å²) in [7, 11) is 0. The summed E-state index contributed by atoms with van der Waals surface area (Å²) >= 11 is 6.07. The highest BCUT2D eigenvalue weighted by molar-refractivity contribution is 6.30. The van der Waals surface area contributed by atoms with Crippen LogP contribution in [-0.4, -0.2) is 36.5 Å². The van der Waals surface area contributed by atoms with Crippen molar-refractivity contribution in [2.45, 2.75) is 38.4 Å². The summed E-state index contributed by atoms with van der Waals surface area (Å²) in [6.07, 6.45) is 4.98. The highest BCUT2D eigenvalue weighted by Crippen LogP contribution is 2.35. The van der Waals surface area contributed by atoms with Gasteiger partial charge in [0.2, 0.25) is 0 Å². The molecular formula is C23H22ClN7O. The van der Waals surface area contributed by atoms with Crippen molar-refractivity contribution in [3.63, 3.8) is 0 Å². The monoisotopic (exact) mass is 447 g/mol. The molecular weight excluding hydrogens is 426 g/mol. The lowest BCUT2D eigenvalue weighted by molar-refractivity contribution is 0.0889. The van der Waals surface area contributed by atoms with Crippen molar-refractivity contribution in [2.75, 3.05) is 5.32 Å². The maximum absolute atomic E-state index is 12.4. The van der Waals surface area contributed by atoms with Gasteiger partial charge in [0, 0.05) is 29.3 Å². The predicted octanol–water partition coefficient (Wildman–Crippen LogP) is 3.93. The molecule has 0 spiro atoms. The van der Waals surface area contributed by atoms with E-state index in [-0.39, 0.29) is 18.0 Å². The Morgan fingerprint density at radius 3 is 2.81 bits per heavy atom. The number of anilines is 1. The summed E-state index contributed by atoms with van der Waals surface area (Å²) < 4.78 is 2.06. The number of halogens is 1. The second-order valence-electron chi connectivity index (χ2n) is 7.99. The topological polar surface area (TPSA) is 97.6 Å². The Morgan fingerprint density at radius 1 is 1.16 bits per heavy atom. The van der Waals surface area contributed by atoms with E-state index in [2.05, 4.69) is 35.1 Å². The van der Waals surface area contributed by atoms with E-state index in [1.807, 2.05) is 43.3 Å². The molecule has 0 atom stereocenters. The molecule has 162 valence electrons. The Balaban J connectivity index is 1.24. The van der Waals surface area contributed by atoms with Gasteiger partial charge in [0.15, 0.2) is 11.5 Å². The molecule has 1 aliphatic carbocycles. The molecule has 0 aliphatic heterocycles. The molecule has 0 radical (unpaired) electrons. The van der Waals surface area contributed by atoms with E-state index < -0.39 is 0 Å². The fourth-order valence-electron chi connectivity index (χ4n) is 3.94. The molecule has 1 aromatic carbocycles. The number of hydrogen-bond acceptors (Lipinski definition) is 6. The second kappa shape index (κ2) is 8.55. The minimum Gasteiger partial charge on any atom is -0.364 e. The summed E-state index contributed by atoms with van der Waals surface area (Å²) in [6, 6.07) is 13.5. The maximum Gasteiger partial charge on any atom is 0.270 e. The number of imidazole rings is 1. The van der Waals surface area contributed by atoms with Gasteiger partial charge < -0.3 is 15.2 Å². The SMILES string of the molecule is Cc1cccc(C(=O)NC2CC(n3cnc4c(NCc5cccc(Cl)c5)ncnc43)C2)n1. The molecule has 1 amide bonds. The first-order chi connectivity index (χ1) is 15.6. The first-order valence-electron chi connectivity index (χ1n) is 10.5. The van der Waals surface area contributed by atoms with Gasteiger partial charge >= 0.3 is 0 Å². The number of fused-ring (bicyclic) bond motifs is 1. The maximum atomic E-state index is 12.4. The highest BCUT2D eigenvalue weighted by Gasteiger charge is 2.33. The highest BCUT2D eigenvalue weighted by atomic mass is 35.5. The van der Waals surface area contributed by atoms with E-state index in [4.69, 9.17) is 11.6 Å². The van der Waals surface area contributed by atoms with Crippen LogP contribution in [0.5, 0.6) is 0 Å². The molecule has 1 aliphatic rings. The number of benzene rings is 1. The van der Waals surface area contributed by atoms with Crippen LogP contribution in [-0.2, 0) is 6.54 Å². The average Bonchev–Trinajstić information content (AvgIpc) is 3.18. The van der Waals surface area contributed by atoms with E-state index in [1.54, 1.807) is 18.7 Å². The largest absolute Gasteiger partial charge is 0.364 e.